The average molecular weight is 301 g/mol. The maximum Gasteiger partial charge on any atom is 0.434 e. The summed E-state index contributed by atoms with van der Waals surface area (Å²) in [6.45, 7) is 0.309. The number of hydrogen-bond acceptors (Lipinski definition) is 4. The molecule has 0 spiro atoms. The molecule has 0 aliphatic heterocycles. The van der Waals surface area contributed by atoms with Crippen molar-refractivity contribution in [3.05, 3.63) is 46.5 Å². The van der Waals surface area contributed by atoms with Crippen LogP contribution in [0.2, 0.25) is 0 Å². The quantitative estimate of drug-likeness (QED) is 0.912. The van der Waals surface area contributed by atoms with E-state index in [0.717, 1.165) is 22.3 Å². The molecule has 0 aliphatic carbocycles. The number of rotatable bonds is 4. The van der Waals surface area contributed by atoms with Crippen LogP contribution in [0.15, 0.2) is 29.6 Å². The minimum Gasteiger partial charge on any atom is -0.366 e. The number of benzene rings is 1. The molecule has 2 rings (SSSR count). The van der Waals surface area contributed by atoms with Gasteiger partial charge < -0.3 is 11.1 Å². The zero-order valence-corrected chi connectivity index (χ0v) is 10.9. The summed E-state index contributed by atoms with van der Waals surface area (Å²) in [5.74, 6) is -0.528. The van der Waals surface area contributed by atoms with Crippen LogP contribution < -0.4 is 11.1 Å². The number of primary amides is 1. The summed E-state index contributed by atoms with van der Waals surface area (Å²) >= 11 is 0.887. The zero-order valence-electron chi connectivity index (χ0n) is 10.1. The molecule has 1 heterocycles. The molecule has 0 atom stereocenters. The number of nitrogens with two attached hydrogens (primary N) is 1. The van der Waals surface area contributed by atoms with Crippen molar-refractivity contribution in [3.8, 4) is 0 Å². The van der Waals surface area contributed by atoms with E-state index >= 15 is 0 Å². The van der Waals surface area contributed by atoms with Crippen LogP contribution in [0.5, 0.6) is 0 Å². The maximum atomic E-state index is 12.4. The van der Waals surface area contributed by atoms with Gasteiger partial charge in [-0.2, -0.15) is 13.2 Å². The van der Waals surface area contributed by atoms with Crippen LogP contribution in [0.1, 0.15) is 21.6 Å². The Morgan fingerprint density at radius 3 is 2.45 bits per heavy atom. The number of halogens is 3. The van der Waals surface area contributed by atoms with Gasteiger partial charge in [0, 0.05) is 17.5 Å². The van der Waals surface area contributed by atoms with Gasteiger partial charge in [0.1, 0.15) is 0 Å². The van der Waals surface area contributed by atoms with Crippen molar-refractivity contribution in [1.29, 1.82) is 0 Å². The lowest BCUT2D eigenvalue weighted by Gasteiger charge is -2.04. The van der Waals surface area contributed by atoms with Gasteiger partial charge in [0.25, 0.3) is 0 Å². The SMILES string of the molecule is NC(=O)c1ccc(CNc2nc(C(F)(F)F)cs2)cc1. The lowest BCUT2D eigenvalue weighted by atomic mass is 10.1. The first kappa shape index (κ1) is 14.3. The molecule has 3 N–H and O–H groups in total. The topological polar surface area (TPSA) is 68.0 Å². The predicted octanol–water partition coefficient (Wildman–Crippen LogP) is 2.87. The van der Waals surface area contributed by atoms with Gasteiger partial charge in [0.2, 0.25) is 5.91 Å². The largest absolute Gasteiger partial charge is 0.434 e. The van der Waals surface area contributed by atoms with Gasteiger partial charge in [-0.3, -0.25) is 4.79 Å². The second kappa shape index (κ2) is 5.49. The summed E-state index contributed by atoms with van der Waals surface area (Å²) in [6, 6.07) is 6.46. The molecule has 0 saturated carbocycles. The molecule has 0 aliphatic rings. The minimum atomic E-state index is -4.43. The zero-order chi connectivity index (χ0) is 14.8. The second-order valence-corrected chi connectivity index (χ2v) is 4.81. The molecular weight excluding hydrogens is 291 g/mol. The Hall–Kier alpha value is -2.09. The number of carbonyl (C=O) groups excluding carboxylic acids is 1. The molecule has 0 fully saturated rings. The van der Waals surface area contributed by atoms with Crippen molar-refractivity contribution in [3.63, 3.8) is 0 Å². The summed E-state index contributed by atoms with van der Waals surface area (Å²) in [5, 5.41) is 3.94. The highest BCUT2D eigenvalue weighted by molar-refractivity contribution is 7.13. The molecule has 106 valence electrons. The third-order valence-electron chi connectivity index (χ3n) is 2.48. The van der Waals surface area contributed by atoms with Crippen molar-refractivity contribution < 1.29 is 18.0 Å². The lowest BCUT2D eigenvalue weighted by Crippen LogP contribution is -2.10. The molecule has 2 aromatic rings. The van der Waals surface area contributed by atoms with Crippen LogP contribution in [0, 0.1) is 0 Å². The van der Waals surface area contributed by atoms with Gasteiger partial charge in [0.05, 0.1) is 0 Å². The molecule has 0 unspecified atom stereocenters. The Morgan fingerprint density at radius 2 is 1.95 bits per heavy atom. The minimum absolute atomic E-state index is 0.191. The number of thiazole rings is 1. The van der Waals surface area contributed by atoms with Crippen molar-refractivity contribution in [1.82, 2.24) is 4.98 Å². The molecule has 1 aromatic heterocycles. The van der Waals surface area contributed by atoms with Crippen molar-refractivity contribution in [2.75, 3.05) is 5.32 Å². The third-order valence-corrected chi connectivity index (χ3v) is 3.28. The predicted molar refractivity (Wildman–Crippen MR) is 69.4 cm³/mol. The fourth-order valence-corrected chi connectivity index (χ4v) is 2.17. The standard InChI is InChI=1S/C12H10F3N3OS/c13-12(14,15)9-6-20-11(18-9)17-5-7-1-3-8(4-2-7)10(16)19/h1-4,6H,5H2,(H2,16,19)(H,17,18). The smallest absolute Gasteiger partial charge is 0.366 e. The number of amides is 1. The number of aromatic nitrogens is 1. The molecule has 8 heteroatoms. The molecular formula is C12H10F3N3OS. The number of nitrogens with one attached hydrogen (secondary N) is 1. The van der Waals surface area contributed by atoms with Gasteiger partial charge >= 0.3 is 6.18 Å². The van der Waals surface area contributed by atoms with Gasteiger partial charge in [-0.1, -0.05) is 12.1 Å². The summed E-state index contributed by atoms with van der Waals surface area (Å²) in [6.07, 6.45) is -4.43. The second-order valence-electron chi connectivity index (χ2n) is 3.95. The van der Waals surface area contributed by atoms with E-state index in [1.54, 1.807) is 24.3 Å². The van der Waals surface area contributed by atoms with E-state index in [0.29, 0.717) is 12.1 Å². The Labute approximate surface area is 116 Å². The summed E-state index contributed by atoms with van der Waals surface area (Å²) < 4.78 is 37.1. The van der Waals surface area contributed by atoms with E-state index < -0.39 is 17.8 Å². The van der Waals surface area contributed by atoms with Crippen LogP contribution in [0.25, 0.3) is 0 Å². The molecule has 20 heavy (non-hydrogen) atoms. The number of nitrogens with zero attached hydrogens (tertiary/aromatic N) is 1. The third kappa shape index (κ3) is 3.47. The first-order chi connectivity index (χ1) is 9.36. The molecule has 4 nitrogen and oxygen atoms in total. The molecule has 1 amide bonds. The first-order valence-corrected chi connectivity index (χ1v) is 6.39. The van der Waals surface area contributed by atoms with Gasteiger partial charge in [-0.15, -0.1) is 11.3 Å². The normalized spacial score (nSPS) is 11.3. The van der Waals surface area contributed by atoms with Crippen molar-refractivity contribution in [2.24, 2.45) is 5.73 Å². The fourth-order valence-electron chi connectivity index (χ4n) is 1.45. The maximum absolute atomic E-state index is 12.4. The van der Waals surface area contributed by atoms with Crippen LogP contribution in [-0.4, -0.2) is 10.9 Å². The number of alkyl halides is 3. The molecule has 0 bridgehead atoms. The van der Waals surface area contributed by atoms with E-state index in [9.17, 15) is 18.0 Å². The Morgan fingerprint density at radius 1 is 1.30 bits per heavy atom. The van der Waals surface area contributed by atoms with E-state index in [1.165, 1.54) is 0 Å². The van der Waals surface area contributed by atoms with Gasteiger partial charge in [-0.25, -0.2) is 4.98 Å². The van der Waals surface area contributed by atoms with E-state index in [1.807, 2.05) is 0 Å². The van der Waals surface area contributed by atoms with Gasteiger partial charge in [0.15, 0.2) is 10.8 Å². The Kier molecular flexibility index (Phi) is 3.93. The van der Waals surface area contributed by atoms with Crippen LogP contribution in [-0.2, 0) is 12.7 Å². The molecule has 0 radical (unpaired) electrons. The highest BCUT2D eigenvalue weighted by Gasteiger charge is 2.33. The molecule has 1 aromatic carbocycles. The lowest BCUT2D eigenvalue weighted by molar-refractivity contribution is -0.140. The van der Waals surface area contributed by atoms with Crippen LogP contribution >= 0.6 is 11.3 Å². The highest BCUT2D eigenvalue weighted by Crippen LogP contribution is 2.31. The Bertz CT molecular complexity index is 607. The summed E-state index contributed by atoms with van der Waals surface area (Å²) in [4.78, 5) is 14.3. The van der Waals surface area contributed by atoms with Crippen molar-refractivity contribution >= 4 is 22.4 Å². The van der Waals surface area contributed by atoms with E-state index in [4.69, 9.17) is 5.73 Å². The monoisotopic (exact) mass is 301 g/mol. The Balaban J connectivity index is 1.98. The van der Waals surface area contributed by atoms with E-state index in [2.05, 4.69) is 10.3 Å². The summed E-state index contributed by atoms with van der Waals surface area (Å²) in [7, 11) is 0. The fraction of sp³-hybridized carbons (Fsp3) is 0.167. The molecule has 0 saturated heterocycles. The average Bonchev–Trinajstić information content (AvgIpc) is 2.85. The van der Waals surface area contributed by atoms with Crippen molar-refractivity contribution in [2.45, 2.75) is 12.7 Å². The number of anilines is 1. The highest BCUT2D eigenvalue weighted by atomic mass is 32.1. The first-order valence-electron chi connectivity index (χ1n) is 5.51. The van der Waals surface area contributed by atoms with Crippen LogP contribution in [0.3, 0.4) is 0 Å². The van der Waals surface area contributed by atoms with E-state index in [-0.39, 0.29) is 5.13 Å². The van der Waals surface area contributed by atoms with Gasteiger partial charge in [-0.05, 0) is 17.7 Å². The number of hydrogen-bond donors (Lipinski definition) is 2. The number of carbonyl (C=O) groups is 1. The van der Waals surface area contributed by atoms with Crippen LogP contribution in [0.4, 0.5) is 18.3 Å². The summed E-state index contributed by atoms with van der Waals surface area (Å²) in [5.41, 5.74) is 5.38.